The van der Waals surface area contributed by atoms with Crippen molar-refractivity contribution in [1.29, 1.82) is 0 Å². The standard InChI is InChI=1S/C15H20BrN3O2/c1-15(2,3)17-8-7-13-18-14(19-21-13)10-5-6-12(20-4)11(16)9-10/h5-6,9,17H,7-8H2,1-4H3. The minimum Gasteiger partial charge on any atom is -0.496 e. The van der Waals surface area contributed by atoms with Crippen LogP contribution in [0.5, 0.6) is 5.75 Å². The summed E-state index contributed by atoms with van der Waals surface area (Å²) in [6.45, 7) is 7.18. The molecule has 2 aromatic rings. The lowest BCUT2D eigenvalue weighted by atomic mass is 10.1. The molecule has 5 nitrogen and oxygen atoms in total. The number of methoxy groups -OCH3 is 1. The van der Waals surface area contributed by atoms with Crippen LogP contribution in [0, 0.1) is 0 Å². The summed E-state index contributed by atoms with van der Waals surface area (Å²) in [6, 6.07) is 5.70. The number of hydrogen-bond donors (Lipinski definition) is 1. The molecule has 0 fully saturated rings. The highest BCUT2D eigenvalue weighted by Gasteiger charge is 2.12. The van der Waals surface area contributed by atoms with E-state index in [1.165, 1.54) is 0 Å². The first-order chi connectivity index (χ1) is 9.89. The van der Waals surface area contributed by atoms with E-state index in [1.807, 2.05) is 18.2 Å². The maximum Gasteiger partial charge on any atom is 0.228 e. The third kappa shape index (κ3) is 4.54. The van der Waals surface area contributed by atoms with E-state index in [9.17, 15) is 0 Å². The van der Waals surface area contributed by atoms with Gasteiger partial charge in [-0.3, -0.25) is 0 Å². The van der Waals surface area contributed by atoms with Gasteiger partial charge in [-0.2, -0.15) is 4.98 Å². The van der Waals surface area contributed by atoms with Crippen LogP contribution in [0.4, 0.5) is 0 Å². The van der Waals surface area contributed by atoms with Crippen molar-refractivity contribution in [1.82, 2.24) is 15.5 Å². The summed E-state index contributed by atoms with van der Waals surface area (Å²) < 4.78 is 11.4. The van der Waals surface area contributed by atoms with Crippen molar-refractivity contribution < 1.29 is 9.26 Å². The number of hydrogen-bond acceptors (Lipinski definition) is 5. The molecule has 2 rings (SSSR count). The van der Waals surface area contributed by atoms with Gasteiger partial charge in [-0.1, -0.05) is 5.16 Å². The molecule has 0 amide bonds. The molecule has 114 valence electrons. The maximum atomic E-state index is 5.28. The van der Waals surface area contributed by atoms with Gasteiger partial charge in [0.1, 0.15) is 5.75 Å². The van der Waals surface area contributed by atoms with Crippen molar-refractivity contribution in [2.75, 3.05) is 13.7 Å². The summed E-state index contributed by atoms with van der Waals surface area (Å²) in [5, 5.41) is 7.41. The Morgan fingerprint density at radius 1 is 1.33 bits per heavy atom. The van der Waals surface area contributed by atoms with Gasteiger partial charge in [0.15, 0.2) is 0 Å². The topological polar surface area (TPSA) is 60.2 Å². The smallest absolute Gasteiger partial charge is 0.228 e. The quantitative estimate of drug-likeness (QED) is 0.891. The number of nitrogens with zero attached hydrogens (tertiary/aromatic N) is 2. The Morgan fingerprint density at radius 3 is 2.71 bits per heavy atom. The fourth-order valence-electron chi connectivity index (χ4n) is 1.82. The average Bonchev–Trinajstić information content (AvgIpc) is 2.86. The summed E-state index contributed by atoms with van der Waals surface area (Å²) in [5.74, 6) is 2.00. The lowest BCUT2D eigenvalue weighted by molar-refractivity contribution is 0.362. The average molecular weight is 354 g/mol. The Labute approximate surface area is 133 Å². The molecule has 0 unspecified atom stereocenters. The van der Waals surface area contributed by atoms with Gasteiger partial charge < -0.3 is 14.6 Å². The van der Waals surface area contributed by atoms with E-state index in [0.717, 1.165) is 22.3 Å². The minimum absolute atomic E-state index is 0.0870. The molecule has 0 aliphatic rings. The third-order valence-corrected chi connectivity index (χ3v) is 3.49. The third-order valence-electron chi connectivity index (χ3n) is 2.87. The SMILES string of the molecule is COc1ccc(-c2noc(CCNC(C)(C)C)n2)cc1Br. The van der Waals surface area contributed by atoms with E-state index in [-0.39, 0.29) is 5.54 Å². The van der Waals surface area contributed by atoms with Crippen LogP contribution in [0.25, 0.3) is 11.4 Å². The first kappa shape index (κ1) is 16.0. The number of nitrogens with one attached hydrogen (secondary N) is 1. The van der Waals surface area contributed by atoms with Crippen molar-refractivity contribution in [2.24, 2.45) is 0 Å². The van der Waals surface area contributed by atoms with Crippen LogP contribution < -0.4 is 10.1 Å². The fourth-order valence-corrected chi connectivity index (χ4v) is 2.36. The molecule has 1 heterocycles. The summed E-state index contributed by atoms with van der Waals surface area (Å²) in [6.07, 6.45) is 0.710. The second-order valence-electron chi connectivity index (χ2n) is 5.79. The van der Waals surface area contributed by atoms with Gasteiger partial charge >= 0.3 is 0 Å². The second-order valence-corrected chi connectivity index (χ2v) is 6.64. The Bertz CT molecular complexity index is 605. The molecule has 6 heteroatoms. The lowest BCUT2D eigenvalue weighted by Crippen LogP contribution is -2.37. The molecule has 0 atom stereocenters. The van der Waals surface area contributed by atoms with Crippen molar-refractivity contribution >= 4 is 15.9 Å². The molecule has 0 bridgehead atoms. The summed E-state index contributed by atoms with van der Waals surface area (Å²) in [5.41, 5.74) is 0.977. The zero-order chi connectivity index (χ0) is 15.5. The van der Waals surface area contributed by atoms with Crippen LogP contribution in [0.3, 0.4) is 0 Å². The first-order valence-electron chi connectivity index (χ1n) is 6.80. The van der Waals surface area contributed by atoms with Gasteiger partial charge in [0.25, 0.3) is 0 Å². The molecule has 0 spiro atoms. The van der Waals surface area contributed by atoms with E-state index in [1.54, 1.807) is 7.11 Å². The predicted octanol–water partition coefficient (Wildman–Crippen LogP) is 3.44. The van der Waals surface area contributed by atoms with Gasteiger partial charge in [0.05, 0.1) is 11.6 Å². The number of ether oxygens (including phenoxy) is 1. The Balaban J connectivity index is 2.04. The Hall–Kier alpha value is -1.40. The Kier molecular flexibility index (Phi) is 5.00. The number of halogens is 1. The number of rotatable bonds is 5. The van der Waals surface area contributed by atoms with E-state index in [4.69, 9.17) is 9.26 Å². The molecule has 0 aliphatic heterocycles. The van der Waals surface area contributed by atoms with Crippen molar-refractivity contribution in [2.45, 2.75) is 32.7 Å². The molecule has 1 aromatic carbocycles. The fraction of sp³-hybridized carbons (Fsp3) is 0.467. The molecule has 1 N–H and O–H groups in total. The van der Waals surface area contributed by atoms with Gasteiger partial charge in [0.2, 0.25) is 11.7 Å². The van der Waals surface area contributed by atoms with E-state index < -0.39 is 0 Å². The molecule has 1 aromatic heterocycles. The lowest BCUT2D eigenvalue weighted by Gasteiger charge is -2.19. The molecule has 0 aliphatic carbocycles. The summed E-state index contributed by atoms with van der Waals surface area (Å²) in [7, 11) is 1.63. The second kappa shape index (κ2) is 6.58. The highest BCUT2D eigenvalue weighted by Crippen LogP contribution is 2.29. The van der Waals surface area contributed by atoms with E-state index in [0.29, 0.717) is 18.1 Å². The van der Waals surface area contributed by atoms with E-state index in [2.05, 4.69) is 52.2 Å². The highest BCUT2D eigenvalue weighted by molar-refractivity contribution is 9.10. The molecular weight excluding hydrogens is 334 g/mol. The molecule has 0 saturated heterocycles. The van der Waals surface area contributed by atoms with Crippen LogP contribution in [-0.4, -0.2) is 29.3 Å². The number of aromatic nitrogens is 2. The number of benzene rings is 1. The van der Waals surface area contributed by atoms with Crippen molar-refractivity contribution in [3.05, 3.63) is 28.6 Å². The zero-order valence-corrected chi connectivity index (χ0v) is 14.3. The van der Waals surface area contributed by atoms with Crippen LogP contribution in [0.15, 0.2) is 27.2 Å². The molecule has 0 radical (unpaired) electrons. The maximum absolute atomic E-state index is 5.28. The first-order valence-corrected chi connectivity index (χ1v) is 7.60. The van der Waals surface area contributed by atoms with E-state index >= 15 is 0 Å². The monoisotopic (exact) mass is 353 g/mol. The molecular formula is C15H20BrN3O2. The zero-order valence-electron chi connectivity index (χ0n) is 12.7. The van der Waals surface area contributed by atoms with Crippen LogP contribution in [0.1, 0.15) is 26.7 Å². The highest BCUT2D eigenvalue weighted by atomic mass is 79.9. The van der Waals surface area contributed by atoms with Gasteiger partial charge in [-0.25, -0.2) is 0 Å². The van der Waals surface area contributed by atoms with Gasteiger partial charge in [-0.15, -0.1) is 0 Å². The normalized spacial score (nSPS) is 11.7. The largest absolute Gasteiger partial charge is 0.496 e. The van der Waals surface area contributed by atoms with Crippen LogP contribution in [0.2, 0.25) is 0 Å². The predicted molar refractivity (Wildman–Crippen MR) is 85.4 cm³/mol. The van der Waals surface area contributed by atoms with Crippen LogP contribution >= 0.6 is 15.9 Å². The molecule has 21 heavy (non-hydrogen) atoms. The minimum atomic E-state index is 0.0870. The van der Waals surface area contributed by atoms with Crippen LogP contribution in [-0.2, 0) is 6.42 Å². The summed E-state index contributed by atoms with van der Waals surface area (Å²) >= 11 is 3.45. The van der Waals surface area contributed by atoms with Gasteiger partial charge in [-0.05, 0) is 54.9 Å². The van der Waals surface area contributed by atoms with Crippen molar-refractivity contribution in [3.8, 4) is 17.1 Å². The Morgan fingerprint density at radius 2 is 2.10 bits per heavy atom. The molecule has 0 saturated carbocycles. The van der Waals surface area contributed by atoms with Gasteiger partial charge in [0, 0.05) is 24.1 Å². The summed E-state index contributed by atoms with van der Waals surface area (Å²) in [4.78, 5) is 4.42. The van der Waals surface area contributed by atoms with Crippen molar-refractivity contribution in [3.63, 3.8) is 0 Å².